The molecule has 3 rings (SSSR count). The van der Waals surface area contributed by atoms with Gasteiger partial charge in [-0.2, -0.15) is 0 Å². The quantitative estimate of drug-likeness (QED) is 0.376. The first-order chi connectivity index (χ1) is 12.2. The second kappa shape index (κ2) is 10.2. The Morgan fingerprint density at radius 3 is 2.42 bits per heavy atom. The molecule has 2 heterocycles. The molecule has 9 nitrogen and oxygen atoms in total. The highest BCUT2D eigenvalue weighted by molar-refractivity contribution is 5.82. The van der Waals surface area contributed by atoms with Crippen molar-refractivity contribution >= 4 is 28.6 Å². The lowest BCUT2D eigenvalue weighted by Gasteiger charge is -2.00. The predicted octanol–water partition coefficient (Wildman–Crippen LogP) is 0.536. The maximum absolute atomic E-state index is 11.0. The number of nitrogens with two attached hydrogens (primary N) is 2. The van der Waals surface area contributed by atoms with Crippen molar-refractivity contribution in [1.29, 1.82) is 0 Å². The fourth-order valence-corrected chi connectivity index (χ4v) is 2.24. The van der Waals surface area contributed by atoms with E-state index in [1.165, 1.54) is 6.07 Å². The Kier molecular flexibility index (Phi) is 8.26. The average molecular weight is 365 g/mol. The first-order valence-electron chi connectivity index (χ1n) is 7.92. The minimum Gasteiger partial charge on any atom is -0.480 e. The average Bonchev–Trinajstić information content (AvgIpc) is 3.10. The molecule has 0 amide bonds. The maximum atomic E-state index is 11.0. The molecule has 0 radical (unpaired) electrons. The zero-order chi connectivity index (χ0) is 19.7. The van der Waals surface area contributed by atoms with Crippen molar-refractivity contribution in [2.24, 2.45) is 5.73 Å². The van der Waals surface area contributed by atoms with E-state index in [4.69, 9.17) is 20.4 Å². The predicted molar refractivity (Wildman–Crippen MR) is 97.0 cm³/mol. The molecular formula is C17H23N3O6. The zero-order valence-corrected chi connectivity index (χ0v) is 14.4. The molecular weight excluding hydrogens is 342 g/mol. The van der Waals surface area contributed by atoms with Crippen LogP contribution in [0.3, 0.4) is 0 Å². The zero-order valence-electron chi connectivity index (χ0n) is 14.4. The second-order valence-electron chi connectivity index (χ2n) is 5.59. The van der Waals surface area contributed by atoms with Crippen molar-refractivity contribution in [1.82, 2.24) is 5.32 Å². The van der Waals surface area contributed by atoms with Crippen molar-refractivity contribution in [3.63, 3.8) is 0 Å². The van der Waals surface area contributed by atoms with Crippen LogP contribution < -0.4 is 22.4 Å². The first-order valence-corrected chi connectivity index (χ1v) is 7.92. The minimum absolute atomic E-state index is 0.269. The van der Waals surface area contributed by atoms with E-state index in [0.29, 0.717) is 11.3 Å². The van der Waals surface area contributed by atoms with Crippen LogP contribution in [0.1, 0.15) is 18.4 Å². The van der Waals surface area contributed by atoms with Crippen molar-refractivity contribution in [3.8, 4) is 0 Å². The molecule has 9 heteroatoms. The van der Waals surface area contributed by atoms with Gasteiger partial charge in [0.1, 0.15) is 11.6 Å². The van der Waals surface area contributed by atoms with Crippen LogP contribution >= 0.6 is 0 Å². The van der Waals surface area contributed by atoms with Crippen LogP contribution in [0.25, 0.3) is 11.0 Å². The fraction of sp³-hybridized carbons (Fsp3) is 0.353. The number of benzene rings is 1. The first kappa shape index (κ1) is 21.1. The number of nitrogen functional groups attached to an aromatic ring is 1. The van der Waals surface area contributed by atoms with Crippen molar-refractivity contribution < 1.29 is 24.2 Å². The summed E-state index contributed by atoms with van der Waals surface area (Å²) in [5.41, 5.74) is 11.8. The van der Waals surface area contributed by atoms with Crippen molar-refractivity contribution in [2.75, 3.05) is 18.8 Å². The van der Waals surface area contributed by atoms with E-state index < -0.39 is 11.9 Å². The van der Waals surface area contributed by atoms with Crippen LogP contribution in [-0.4, -0.2) is 41.3 Å². The van der Waals surface area contributed by atoms with Crippen LogP contribution in [0.15, 0.2) is 33.5 Å². The van der Waals surface area contributed by atoms with Gasteiger partial charge in [-0.15, -0.1) is 0 Å². The molecule has 1 aromatic heterocycles. The topological polar surface area (TPSA) is 169 Å². The Labute approximate surface area is 149 Å². The van der Waals surface area contributed by atoms with Gasteiger partial charge in [0.05, 0.1) is 6.54 Å². The summed E-state index contributed by atoms with van der Waals surface area (Å²) in [4.78, 5) is 30.4. The highest BCUT2D eigenvalue weighted by Gasteiger charge is 2.20. The summed E-state index contributed by atoms with van der Waals surface area (Å²) in [6.07, 6.45) is 1.78. The van der Waals surface area contributed by atoms with E-state index in [1.807, 2.05) is 13.0 Å². The van der Waals surface area contributed by atoms with Gasteiger partial charge in [-0.25, -0.2) is 4.79 Å². The minimum atomic E-state index is -0.968. The highest BCUT2D eigenvalue weighted by atomic mass is 16.4. The molecule has 0 unspecified atom stereocenters. The van der Waals surface area contributed by atoms with Gasteiger partial charge in [-0.05, 0) is 44.0 Å². The third-order valence-electron chi connectivity index (χ3n) is 3.51. The number of rotatable bonds is 2. The molecule has 142 valence electrons. The monoisotopic (exact) mass is 365 g/mol. The van der Waals surface area contributed by atoms with E-state index in [0.717, 1.165) is 30.3 Å². The molecule has 0 bridgehead atoms. The van der Waals surface area contributed by atoms with E-state index in [2.05, 4.69) is 11.1 Å². The van der Waals surface area contributed by atoms with Gasteiger partial charge in [0.25, 0.3) is 0 Å². The lowest BCUT2D eigenvalue weighted by atomic mass is 10.1. The molecule has 1 fully saturated rings. The van der Waals surface area contributed by atoms with Crippen LogP contribution in [0.2, 0.25) is 0 Å². The Balaban J connectivity index is 0.000000223. The molecule has 7 N–H and O–H groups in total. The summed E-state index contributed by atoms with van der Waals surface area (Å²) >= 11 is 0. The summed E-state index contributed by atoms with van der Waals surface area (Å²) in [5.74, 6) is -1.69. The number of nitrogens with one attached hydrogen (secondary N) is 1. The second-order valence-corrected chi connectivity index (χ2v) is 5.59. The fourth-order valence-electron chi connectivity index (χ4n) is 2.24. The third-order valence-corrected chi connectivity index (χ3v) is 3.51. The van der Waals surface area contributed by atoms with E-state index in [1.54, 1.807) is 12.1 Å². The van der Waals surface area contributed by atoms with E-state index in [9.17, 15) is 14.4 Å². The summed E-state index contributed by atoms with van der Waals surface area (Å²) in [5, 5.41) is 19.7. The van der Waals surface area contributed by atoms with Crippen LogP contribution in [0.5, 0.6) is 0 Å². The number of carboxylic acid groups (broad SMARTS) is 2. The molecule has 1 atom stereocenters. The Morgan fingerprint density at radius 2 is 1.96 bits per heavy atom. The molecule has 0 spiro atoms. The molecule has 1 aliphatic rings. The van der Waals surface area contributed by atoms with E-state index in [-0.39, 0.29) is 18.2 Å². The molecule has 1 saturated heterocycles. The normalized spacial score (nSPS) is 15.4. The number of hydrogen-bond acceptors (Lipinski definition) is 7. The molecule has 2 aromatic rings. The molecule has 1 aliphatic heterocycles. The number of anilines is 1. The van der Waals surface area contributed by atoms with Crippen LogP contribution in [-0.2, 0) is 9.59 Å². The molecule has 26 heavy (non-hydrogen) atoms. The summed E-state index contributed by atoms with van der Waals surface area (Å²) in [7, 11) is 0. The molecule has 1 aromatic carbocycles. The van der Waals surface area contributed by atoms with Gasteiger partial charge >= 0.3 is 17.6 Å². The lowest BCUT2D eigenvalue weighted by Crippen LogP contribution is -2.29. The number of aliphatic carboxylic acids is 2. The summed E-state index contributed by atoms with van der Waals surface area (Å²) in [6.45, 7) is 2.45. The number of fused-ring (bicyclic) bond motifs is 1. The number of carboxylic acids is 2. The molecule has 0 saturated carbocycles. The van der Waals surface area contributed by atoms with Gasteiger partial charge in [0.2, 0.25) is 0 Å². The van der Waals surface area contributed by atoms with Crippen LogP contribution in [0.4, 0.5) is 5.69 Å². The van der Waals surface area contributed by atoms with Crippen molar-refractivity contribution in [2.45, 2.75) is 25.8 Å². The Hall–Kier alpha value is -2.91. The van der Waals surface area contributed by atoms with Crippen molar-refractivity contribution in [3.05, 3.63) is 40.2 Å². The number of carbonyl (C=O) groups is 2. The highest BCUT2D eigenvalue weighted by Crippen LogP contribution is 2.18. The lowest BCUT2D eigenvalue weighted by molar-refractivity contribution is -0.139. The molecule has 0 aliphatic carbocycles. The van der Waals surface area contributed by atoms with Gasteiger partial charge < -0.3 is 31.4 Å². The smallest absolute Gasteiger partial charge is 0.336 e. The van der Waals surface area contributed by atoms with Gasteiger partial charge in [-0.3, -0.25) is 9.59 Å². The standard InChI is InChI=1S/C10H9NO2.C5H9NO2.C2H5NO2/c1-6-4-10(12)13-9-5-7(11)2-3-8(6)9;7-5(8)4-2-1-3-6-4;3-1-2(4)5/h2-5H,11H2,1H3;4,6H,1-3H2,(H,7,8);1,3H2,(H,4,5)/t;4-;/m.0./s1. The Bertz CT molecular complexity index is 812. The number of aryl methyl sites for hydroxylation is 1. The van der Waals surface area contributed by atoms with Gasteiger partial charge in [-0.1, -0.05) is 0 Å². The Morgan fingerprint density at radius 1 is 1.31 bits per heavy atom. The van der Waals surface area contributed by atoms with E-state index >= 15 is 0 Å². The maximum Gasteiger partial charge on any atom is 0.336 e. The van der Waals surface area contributed by atoms with Crippen LogP contribution in [0, 0.1) is 6.92 Å². The SMILES string of the molecule is Cc1cc(=O)oc2cc(N)ccc12.NCC(=O)O.O=C(O)[C@@H]1CCCN1. The summed E-state index contributed by atoms with van der Waals surface area (Å²) < 4.78 is 4.99. The van der Waals surface area contributed by atoms with Gasteiger partial charge in [0, 0.05) is 23.2 Å². The summed E-state index contributed by atoms with van der Waals surface area (Å²) in [6, 6.07) is 6.50. The number of hydrogen-bond donors (Lipinski definition) is 5. The largest absolute Gasteiger partial charge is 0.480 e. The van der Waals surface area contributed by atoms with Gasteiger partial charge in [0.15, 0.2) is 0 Å². The third kappa shape index (κ3) is 6.91.